The number of anilines is 1. The number of rotatable bonds is 5. The first-order valence-electron chi connectivity index (χ1n) is 6.20. The van der Waals surface area contributed by atoms with E-state index in [2.05, 4.69) is 5.32 Å². The Morgan fingerprint density at radius 2 is 1.84 bits per heavy atom. The summed E-state index contributed by atoms with van der Waals surface area (Å²) in [7, 11) is 0. The molecule has 5 heteroatoms. The molecule has 0 spiro atoms. The van der Waals surface area contributed by atoms with Crippen LogP contribution in [0.15, 0.2) is 24.3 Å². The molecule has 0 saturated heterocycles. The number of Topliss-reactive ketones (excluding diaryl/α,β-unsaturated/α-hetero) is 1. The van der Waals surface area contributed by atoms with Gasteiger partial charge in [-0.3, -0.25) is 14.4 Å². The number of carboxylic acid groups (broad SMARTS) is 1. The molecular weight excluding hydrogens is 246 g/mol. The minimum absolute atomic E-state index is 0.0905. The Bertz CT molecular complexity index is 521. The zero-order chi connectivity index (χ0) is 14.0. The second kappa shape index (κ2) is 5.22. The monoisotopic (exact) mass is 261 g/mol. The molecule has 1 amide bonds. The molecule has 1 aliphatic carbocycles. The van der Waals surface area contributed by atoms with Crippen molar-refractivity contribution in [2.24, 2.45) is 11.8 Å². The lowest BCUT2D eigenvalue weighted by Gasteiger charge is -2.04. The summed E-state index contributed by atoms with van der Waals surface area (Å²) >= 11 is 0. The summed E-state index contributed by atoms with van der Waals surface area (Å²) in [5.41, 5.74) is 1.12. The van der Waals surface area contributed by atoms with E-state index in [1.165, 1.54) is 0 Å². The highest BCUT2D eigenvalue weighted by atomic mass is 16.4. The molecule has 0 bridgehead atoms. The fourth-order valence-electron chi connectivity index (χ4n) is 1.94. The van der Waals surface area contributed by atoms with Crippen molar-refractivity contribution in [3.8, 4) is 0 Å². The summed E-state index contributed by atoms with van der Waals surface area (Å²) in [5, 5.41) is 11.5. The smallest absolute Gasteiger partial charge is 0.307 e. The van der Waals surface area contributed by atoms with Crippen LogP contribution in [0.25, 0.3) is 0 Å². The Morgan fingerprint density at radius 3 is 2.32 bits per heavy atom. The SMILES string of the molecule is CCC(=O)Nc1ccc(C(=O)C2CC2C(=O)O)cc1. The molecule has 2 atom stereocenters. The molecule has 1 aromatic carbocycles. The lowest BCUT2D eigenvalue weighted by molar-refractivity contribution is -0.138. The van der Waals surface area contributed by atoms with E-state index in [4.69, 9.17) is 5.11 Å². The van der Waals surface area contributed by atoms with Crippen molar-refractivity contribution in [1.29, 1.82) is 0 Å². The van der Waals surface area contributed by atoms with E-state index in [0.29, 0.717) is 24.1 Å². The van der Waals surface area contributed by atoms with E-state index in [0.717, 1.165) is 0 Å². The van der Waals surface area contributed by atoms with Gasteiger partial charge in [0.25, 0.3) is 0 Å². The molecule has 2 unspecified atom stereocenters. The van der Waals surface area contributed by atoms with Gasteiger partial charge in [-0.2, -0.15) is 0 Å². The van der Waals surface area contributed by atoms with Crippen LogP contribution in [0.5, 0.6) is 0 Å². The van der Waals surface area contributed by atoms with Gasteiger partial charge in [-0.1, -0.05) is 6.92 Å². The largest absolute Gasteiger partial charge is 0.481 e. The van der Waals surface area contributed by atoms with Gasteiger partial charge in [-0.15, -0.1) is 0 Å². The number of benzene rings is 1. The van der Waals surface area contributed by atoms with Gasteiger partial charge in [0, 0.05) is 23.6 Å². The van der Waals surface area contributed by atoms with Gasteiger partial charge in [-0.25, -0.2) is 0 Å². The van der Waals surface area contributed by atoms with E-state index in [1.54, 1.807) is 31.2 Å². The van der Waals surface area contributed by atoms with Gasteiger partial charge in [0.2, 0.25) is 5.91 Å². The third kappa shape index (κ3) is 2.99. The Balaban J connectivity index is 2.01. The molecule has 0 radical (unpaired) electrons. The zero-order valence-electron chi connectivity index (χ0n) is 10.6. The number of carbonyl (C=O) groups is 3. The Kier molecular flexibility index (Phi) is 3.64. The summed E-state index contributed by atoms with van der Waals surface area (Å²) in [6.07, 6.45) is 0.811. The first-order chi connectivity index (χ1) is 9.02. The lowest BCUT2D eigenvalue weighted by Crippen LogP contribution is -2.10. The molecule has 0 aromatic heterocycles. The number of hydrogen-bond donors (Lipinski definition) is 2. The van der Waals surface area contributed by atoms with Gasteiger partial charge >= 0.3 is 5.97 Å². The lowest BCUT2D eigenvalue weighted by atomic mass is 10.1. The fraction of sp³-hybridized carbons (Fsp3) is 0.357. The third-order valence-corrected chi connectivity index (χ3v) is 3.22. The number of aliphatic carboxylic acids is 1. The summed E-state index contributed by atoms with van der Waals surface area (Å²) in [6.45, 7) is 1.76. The van der Waals surface area contributed by atoms with Crippen molar-refractivity contribution in [3.05, 3.63) is 29.8 Å². The van der Waals surface area contributed by atoms with Crippen LogP contribution in [-0.4, -0.2) is 22.8 Å². The van der Waals surface area contributed by atoms with Gasteiger partial charge in [-0.05, 0) is 30.7 Å². The van der Waals surface area contributed by atoms with Crippen LogP contribution in [0.3, 0.4) is 0 Å². The molecule has 2 rings (SSSR count). The molecule has 1 aliphatic rings. The van der Waals surface area contributed by atoms with E-state index in [9.17, 15) is 14.4 Å². The van der Waals surface area contributed by atoms with Crippen LogP contribution in [0, 0.1) is 11.8 Å². The maximum atomic E-state index is 12.0. The van der Waals surface area contributed by atoms with Crippen LogP contribution in [0.4, 0.5) is 5.69 Å². The minimum atomic E-state index is -0.912. The molecule has 5 nitrogen and oxygen atoms in total. The molecule has 100 valence electrons. The highest BCUT2D eigenvalue weighted by Crippen LogP contribution is 2.41. The predicted octanol–water partition coefficient (Wildman–Crippen LogP) is 1.94. The Labute approximate surface area is 110 Å². The summed E-state index contributed by atoms with van der Waals surface area (Å²) in [6, 6.07) is 6.54. The van der Waals surface area contributed by atoms with Crippen molar-refractivity contribution in [3.63, 3.8) is 0 Å². The maximum Gasteiger partial charge on any atom is 0.307 e. The molecular formula is C14H15NO4. The maximum absolute atomic E-state index is 12.0. The third-order valence-electron chi connectivity index (χ3n) is 3.22. The second-order valence-electron chi connectivity index (χ2n) is 4.63. The topological polar surface area (TPSA) is 83.5 Å². The van der Waals surface area contributed by atoms with E-state index >= 15 is 0 Å². The van der Waals surface area contributed by atoms with E-state index in [-0.39, 0.29) is 11.7 Å². The Morgan fingerprint density at radius 1 is 1.21 bits per heavy atom. The van der Waals surface area contributed by atoms with Crippen LogP contribution >= 0.6 is 0 Å². The van der Waals surface area contributed by atoms with Crippen LogP contribution in [0.2, 0.25) is 0 Å². The second-order valence-corrected chi connectivity index (χ2v) is 4.63. The first kappa shape index (κ1) is 13.3. The number of ketones is 1. The molecule has 1 aromatic rings. The van der Waals surface area contributed by atoms with Crippen LogP contribution in [0.1, 0.15) is 30.1 Å². The van der Waals surface area contributed by atoms with Gasteiger partial charge in [0.15, 0.2) is 5.78 Å². The quantitative estimate of drug-likeness (QED) is 0.793. The van der Waals surface area contributed by atoms with Crippen LogP contribution in [-0.2, 0) is 9.59 Å². The summed E-state index contributed by atoms with van der Waals surface area (Å²) in [5.74, 6) is -2.07. The Hall–Kier alpha value is -2.17. The average Bonchev–Trinajstić information content (AvgIpc) is 3.19. The first-order valence-corrected chi connectivity index (χ1v) is 6.20. The van der Waals surface area contributed by atoms with Gasteiger partial charge < -0.3 is 10.4 Å². The molecule has 1 saturated carbocycles. The van der Waals surface area contributed by atoms with E-state index in [1.807, 2.05) is 0 Å². The van der Waals surface area contributed by atoms with Crippen molar-refractivity contribution in [1.82, 2.24) is 0 Å². The number of nitrogens with one attached hydrogen (secondary N) is 1. The molecule has 1 fully saturated rings. The van der Waals surface area contributed by atoms with Gasteiger partial charge in [0.1, 0.15) is 0 Å². The molecule has 0 heterocycles. The predicted molar refractivity (Wildman–Crippen MR) is 68.9 cm³/mol. The van der Waals surface area contributed by atoms with Crippen molar-refractivity contribution < 1.29 is 19.5 Å². The highest BCUT2D eigenvalue weighted by Gasteiger charge is 2.48. The van der Waals surface area contributed by atoms with Crippen molar-refractivity contribution >= 4 is 23.3 Å². The minimum Gasteiger partial charge on any atom is -0.481 e. The number of amides is 1. The highest BCUT2D eigenvalue weighted by molar-refractivity contribution is 6.03. The number of hydrogen-bond acceptors (Lipinski definition) is 3. The standard InChI is InChI=1S/C14H15NO4/c1-2-12(16)15-9-5-3-8(4-6-9)13(17)10-7-11(10)14(18)19/h3-6,10-11H,2,7H2,1H3,(H,15,16)(H,18,19). The van der Waals surface area contributed by atoms with Crippen molar-refractivity contribution in [2.75, 3.05) is 5.32 Å². The fourth-order valence-corrected chi connectivity index (χ4v) is 1.94. The zero-order valence-corrected chi connectivity index (χ0v) is 10.6. The molecule has 19 heavy (non-hydrogen) atoms. The summed E-state index contributed by atoms with van der Waals surface area (Å²) in [4.78, 5) is 33.9. The molecule has 2 N–H and O–H groups in total. The average molecular weight is 261 g/mol. The number of carbonyl (C=O) groups excluding carboxylic acids is 2. The van der Waals surface area contributed by atoms with Gasteiger partial charge in [0.05, 0.1) is 5.92 Å². The normalized spacial score (nSPS) is 20.7. The van der Waals surface area contributed by atoms with Crippen molar-refractivity contribution in [2.45, 2.75) is 19.8 Å². The number of carboxylic acids is 1. The molecule has 0 aliphatic heterocycles. The van der Waals surface area contributed by atoms with E-state index < -0.39 is 17.8 Å². The summed E-state index contributed by atoms with van der Waals surface area (Å²) < 4.78 is 0. The van der Waals surface area contributed by atoms with Crippen LogP contribution < -0.4 is 5.32 Å².